The number of anilines is 1. The molecule has 3 heteroatoms. The molecule has 0 atom stereocenters. The first-order valence-corrected chi connectivity index (χ1v) is 4.98. The molecule has 2 nitrogen and oxygen atoms in total. The molecule has 0 aliphatic heterocycles. The number of aryl methyl sites for hydroxylation is 1. The molecule has 0 aliphatic carbocycles. The van der Waals surface area contributed by atoms with E-state index in [1.807, 2.05) is 6.07 Å². The van der Waals surface area contributed by atoms with Crippen molar-refractivity contribution in [2.75, 3.05) is 5.73 Å². The van der Waals surface area contributed by atoms with E-state index in [0.717, 1.165) is 5.39 Å². The Morgan fingerprint density at radius 3 is 2.65 bits per heavy atom. The lowest BCUT2D eigenvalue weighted by molar-refractivity contribution is 0.626. The maximum Gasteiger partial charge on any atom is 0.139 e. The summed E-state index contributed by atoms with van der Waals surface area (Å²) >= 11 is 0. The Bertz CT molecular complexity index is 703. The van der Waals surface area contributed by atoms with Gasteiger partial charge >= 0.3 is 0 Å². The van der Waals surface area contributed by atoms with Crippen molar-refractivity contribution in [3.05, 3.63) is 40.7 Å². The Kier molecular flexibility index (Phi) is 2.46. The zero-order chi connectivity index (χ0) is 12.6. The zero-order valence-electron chi connectivity index (χ0n) is 9.21. The van der Waals surface area contributed by atoms with E-state index in [9.17, 15) is 4.39 Å². The molecule has 2 aromatic carbocycles. The Morgan fingerprint density at radius 2 is 2.06 bits per heavy atom. The molecule has 0 spiro atoms. The van der Waals surface area contributed by atoms with Gasteiger partial charge in [-0.25, -0.2) is 4.39 Å². The third-order valence-corrected chi connectivity index (χ3v) is 2.79. The van der Waals surface area contributed by atoms with Crippen LogP contribution in [0.5, 0.6) is 0 Å². The number of nitrogen functional groups attached to an aromatic ring is 1. The lowest BCUT2D eigenvalue weighted by Crippen LogP contribution is -1.97. The third-order valence-electron chi connectivity index (χ3n) is 2.79. The highest BCUT2D eigenvalue weighted by molar-refractivity contribution is 5.95. The number of fused-ring (bicyclic) bond motifs is 1. The van der Waals surface area contributed by atoms with Gasteiger partial charge in [-0.2, -0.15) is 5.26 Å². The quantitative estimate of drug-likeness (QED) is 0.552. The van der Waals surface area contributed by atoms with Gasteiger partial charge in [0.15, 0.2) is 0 Å². The van der Waals surface area contributed by atoms with E-state index < -0.39 is 5.82 Å². The predicted octanol–water partition coefficient (Wildman–Crippen LogP) is 2.72. The number of halogens is 1. The number of benzene rings is 2. The van der Waals surface area contributed by atoms with Gasteiger partial charge in [-0.15, -0.1) is 6.42 Å². The van der Waals surface area contributed by atoms with Crippen LogP contribution in [0.25, 0.3) is 10.8 Å². The number of nitrogens with zero attached hydrogens (tertiary/aromatic N) is 1. The monoisotopic (exact) mass is 224 g/mol. The molecular formula is C14H9FN2. The standard InChI is InChI=1S/C14H9FN2/c1-3-10-12(15)5-4-9-6-13(17)11(7-16)8(2)14(9)10/h1,4-6H,17H2,2H3. The number of nitriles is 1. The number of rotatable bonds is 0. The number of hydrogen-bond acceptors (Lipinski definition) is 2. The van der Waals surface area contributed by atoms with Gasteiger partial charge in [-0.05, 0) is 30.0 Å². The van der Waals surface area contributed by atoms with Crippen LogP contribution < -0.4 is 5.73 Å². The summed E-state index contributed by atoms with van der Waals surface area (Å²) in [6.07, 6.45) is 5.31. The molecule has 82 valence electrons. The van der Waals surface area contributed by atoms with Crippen LogP contribution in [-0.4, -0.2) is 0 Å². The average Bonchev–Trinajstić information content (AvgIpc) is 2.30. The Morgan fingerprint density at radius 1 is 1.35 bits per heavy atom. The molecule has 0 heterocycles. The van der Waals surface area contributed by atoms with Gasteiger partial charge in [-0.1, -0.05) is 12.0 Å². The molecule has 0 saturated heterocycles. The molecular weight excluding hydrogens is 215 g/mol. The summed E-state index contributed by atoms with van der Waals surface area (Å²) in [6.45, 7) is 1.72. The molecule has 0 aromatic heterocycles. The molecule has 0 fully saturated rings. The highest BCUT2D eigenvalue weighted by atomic mass is 19.1. The van der Waals surface area contributed by atoms with E-state index >= 15 is 0 Å². The summed E-state index contributed by atoms with van der Waals surface area (Å²) in [5.41, 5.74) is 7.29. The molecule has 2 N–H and O–H groups in total. The van der Waals surface area contributed by atoms with Crippen molar-refractivity contribution in [1.29, 1.82) is 5.26 Å². The van der Waals surface area contributed by atoms with E-state index in [1.54, 1.807) is 19.1 Å². The minimum Gasteiger partial charge on any atom is -0.398 e. The molecule has 0 amide bonds. The summed E-state index contributed by atoms with van der Waals surface area (Å²) in [4.78, 5) is 0. The Balaban J connectivity index is 3.07. The van der Waals surface area contributed by atoms with Crippen LogP contribution in [0.2, 0.25) is 0 Å². The Hall–Kier alpha value is -2.52. The van der Waals surface area contributed by atoms with E-state index in [2.05, 4.69) is 5.92 Å². The maximum absolute atomic E-state index is 13.6. The molecule has 0 saturated carbocycles. The highest BCUT2D eigenvalue weighted by Gasteiger charge is 2.13. The lowest BCUT2D eigenvalue weighted by atomic mass is 9.95. The summed E-state index contributed by atoms with van der Waals surface area (Å²) in [5.74, 6) is 1.86. The first kappa shape index (κ1) is 11.0. The van der Waals surface area contributed by atoms with Crippen molar-refractivity contribution in [2.24, 2.45) is 0 Å². The van der Waals surface area contributed by atoms with Crippen molar-refractivity contribution < 1.29 is 4.39 Å². The fourth-order valence-electron chi connectivity index (χ4n) is 1.99. The van der Waals surface area contributed by atoms with Crippen molar-refractivity contribution in [3.8, 4) is 18.4 Å². The van der Waals surface area contributed by atoms with E-state index in [4.69, 9.17) is 17.4 Å². The highest BCUT2D eigenvalue weighted by Crippen LogP contribution is 2.30. The van der Waals surface area contributed by atoms with Crippen LogP contribution in [0.1, 0.15) is 16.7 Å². The maximum atomic E-state index is 13.6. The fourth-order valence-corrected chi connectivity index (χ4v) is 1.99. The second-order valence-corrected chi connectivity index (χ2v) is 3.74. The van der Waals surface area contributed by atoms with Crippen molar-refractivity contribution in [1.82, 2.24) is 0 Å². The molecule has 0 aliphatic rings. The first-order chi connectivity index (χ1) is 8.10. The van der Waals surface area contributed by atoms with Crippen LogP contribution in [0.4, 0.5) is 10.1 Å². The summed E-state index contributed by atoms with van der Waals surface area (Å²) in [6, 6.07) is 6.57. The smallest absolute Gasteiger partial charge is 0.139 e. The van der Waals surface area contributed by atoms with Crippen LogP contribution in [0, 0.1) is 36.4 Å². The van der Waals surface area contributed by atoms with Crippen LogP contribution in [-0.2, 0) is 0 Å². The predicted molar refractivity (Wildman–Crippen MR) is 65.7 cm³/mol. The van der Waals surface area contributed by atoms with E-state index in [-0.39, 0.29) is 5.56 Å². The van der Waals surface area contributed by atoms with E-state index in [1.165, 1.54) is 6.07 Å². The normalized spacial score (nSPS) is 9.88. The van der Waals surface area contributed by atoms with Crippen LogP contribution in [0.3, 0.4) is 0 Å². The number of hydrogen-bond donors (Lipinski definition) is 1. The second-order valence-electron chi connectivity index (χ2n) is 3.74. The number of nitrogens with two attached hydrogens (primary N) is 1. The van der Waals surface area contributed by atoms with Gasteiger partial charge in [0.25, 0.3) is 0 Å². The zero-order valence-corrected chi connectivity index (χ0v) is 9.21. The fraction of sp³-hybridized carbons (Fsp3) is 0.0714. The topological polar surface area (TPSA) is 49.8 Å². The first-order valence-electron chi connectivity index (χ1n) is 4.98. The van der Waals surface area contributed by atoms with Gasteiger partial charge in [0.2, 0.25) is 0 Å². The molecule has 17 heavy (non-hydrogen) atoms. The molecule has 0 radical (unpaired) electrons. The van der Waals surface area contributed by atoms with Gasteiger partial charge in [-0.3, -0.25) is 0 Å². The summed E-state index contributed by atoms with van der Waals surface area (Å²) in [7, 11) is 0. The molecule has 2 aromatic rings. The van der Waals surface area contributed by atoms with Gasteiger partial charge in [0, 0.05) is 5.39 Å². The van der Waals surface area contributed by atoms with Crippen molar-refractivity contribution in [2.45, 2.75) is 6.92 Å². The lowest BCUT2D eigenvalue weighted by Gasteiger charge is -2.10. The second kappa shape index (κ2) is 3.81. The molecule has 0 unspecified atom stereocenters. The molecule has 0 bridgehead atoms. The Labute approximate surface area is 98.5 Å². The van der Waals surface area contributed by atoms with Gasteiger partial charge < -0.3 is 5.73 Å². The van der Waals surface area contributed by atoms with Gasteiger partial charge in [0.05, 0.1) is 16.8 Å². The average molecular weight is 224 g/mol. The summed E-state index contributed by atoms with van der Waals surface area (Å²) in [5, 5.41) is 10.3. The van der Waals surface area contributed by atoms with Gasteiger partial charge in [0.1, 0.15) is 11.9 Å². The van der Waals surface area contributed by atoms with Crippen LogP contribution >= 0.6 is 0 Å². The van der Waals surface area contributed by atoms with Crippen molar-refractivity contribution >= 4 is 16.5 Å². The largest absolute Gasteiger partial charge is 0.398 e. The summed E-state index contributed by atoms with van der Waals surface area (Å²) < 4.78 is 13.6. The third kappa shape index (κ3) is 1.49. The molecule has 2 rings (SSSR count). The van der Waals surface area contributed by atoms with Crippen molar-refractivity contribution in [3.63, 3.8) is 0 Å². The minimum atomic E-state index is -0.461. The van der Waals surface area contributed by atoms with Crippen LogP contribution in [0.15, 0.2) is 18.2 Å². The van der Waals surface area contributed by atoms with E-state index in [0.29, 0.717) is 22.2 Å². The number of terminal acetylenes is 1. The SMILES string of the molecule is C#Cc1c(F)ccc2cc(N)c(C#N)c(C)c12. The minimum absolute atomic E-state index is 0.177.